The average molecular weight is 484 g/mol. The maximum Gasteiger partial charge on any atom is 0.239 e. The highest BCUT2D eigenvalue weighted by Crippen LogP contribution is 2.50. The van der Waals surface area contributed by atoms with Crippen LogP contribution in [0.3, 0.4) is 0 Å². The second kappa shape index (κ2) is 8.35. The van der Waals surface area contributed by atoms with Crippen LogP contribution in [-0.2, 0) is 4.79 Å². The highest BCUT2D eigenvalue weighted by Gasteiger charge is 2.55. The molecule has 8 heteroatoms. The molecule has 0 aliphatic carbocycles. The summed E-state index contributed by atoms with van der Waals surface area (Å²) >= 11 is 13.8. The van der Waals surface area contributed by atoms with Gasteiger partial charge in [0.1, 0.15) is 11.5 Å². The summed E-state index contributed by atoms with van der Waals surface area (Å²) in [6, 6.07) is 22.5. The number of benzene rings is 3. The van der Waals surface area contributed by atoms with Crippen molar-refractivity contribution in [3.05, 3.63) is 82.8 Å². The van der Waals surface area contributed by atoms with Crippen molar-refractivity contribution in [3.8, 4) is 11.5 Å². The fourth-order valence-electron chi connectivity index (χ4n) is 4.00. The summed E-state index contributed by atoms with van der Waals surface area (Å²) in [7, 11) is 0. The van der Waals surface area contributed by atoms with Crippen molar-refractivity contribution in [3.63, 3.8) is 0 Å². The third kappa shape index (κ3) is 3.72. The summed E-state index contributed by atoms with van der Waals surface area (Å²) in [4.78, 5) is 14.3. The predicted molar refractivity (Wildman–Crippen MR) is 132 cm³/mol. The highest BCUT2D eigenvalue weighted by molar-refractivity contribution is 8.02. The standard InChI is InChI=1S/C24H19Cl2N3O2S/c1-16-14-24(29(27-16)19-5-3-2-4-6-19)28(23(30)15-32-24)18-8-10-20(11-9-18)31-22-12-7-17(25)13-21(22)26/h2-13H,14-15H2,1H3/t24-/m0/s1. The van der Waals surface area contributed by atoms with E-state index in [4.69, 9.17) is 33.0 Å². The van der Waals surface area contributed by atoms with Crippen molar-refractivity contribution in [2.24, 2.45) is 5.10 Å². The molecule has 32 heavy (non-hydrogen) atoms. The summed E-state index contributed by atoms with van der Waals surface area (Å²) in [5.74, 6) is 1.58. The van der Waals surface area contributed by atoms with Gasteiger partial charge in [0.2, 0.25) is 5.91 Å². The summed E-state index contributed by atoms with van der Waals surface area (Å²) in [6.07, 6.45) is 0.664. The number of thioether (sulfide) groups is 1. The Kier molecular flexibility index (Phi) is 5.53. The first-order valence-corrected chi connectivity index (χ1v) is 11.8. The van der Waals surface area contributed by atoms with Crippen LogP contribution in [0.2, 0.25) is 10.0 Å². The van der Waals surface area contributed by atoms with E-state index in [1.807, 2.05) is 71.4 Å². The topological polar surface area (TPSA) is 45.1 Å². The van der Waals surface area contributed by atoms with Crippen LogP contribution in [0.1, 0.15) is 13.3 Å². The molecule has 5 nitrogen and oxygen atoms in total. The maximum atomic E-state index is 13.0. The average Bonchev–Trinajstić information content (AvgIpc) is 3.30. The van der Waals surface area contributed by atoms with Gasteiger partial charge in [-0.25, -0.2) is 5.01 Å². The largest absolute Gasteiger partial charge is 0.456 e. The highest BCUT2D eigenvalue weighted by atomic mass is 35.5. The molecule has 2 aliphatic heterocycles. The molecular weight excluding hydrogens is 465 g/mol. The van der Waals surface area contributed by atoms with Crippen molar-refractivity contribution in [2.45, 2.75) is 18.3 Å². The number of carbonyl (C=O) groups excluding carboxylic acids is 1. The summed E-state index contributed by atoms with van der Waals surface area (Å²) in [5.41, 5.74) is 2.73. The molecule has 0 aromatic heterocycles. The number of hydrogen-bond donors (Lipinski definition) is 0. The van der Waals surface area contributed by atoms with Crippen LogP contribution in [-0.4, -0.2) is 22.4 Å². The number of hydrogen-bond acceptors (Lipinski definition) is 5. The molecular formula is C24H19Cl2N3O2S. The minimum absolute atomic E-state index is 0.0512. The van der Waals surface area contributed by atoms with Gasteiger partial charge in [0.05, 0.1) is 16.5 Å². The van der Waals surface area contributed by atoms with Gasteiger partial charge in [0.25, 0.3) is 0 Å². The van der Waals surface area contributed by atoms with Crippen molar-refractivity contribution in [1.82, 2.24) is 0 Å². The smallest absolute Gasteiger partial charge is 0.239 e. The van der Waals surface area contributed by atoms with E-state index in [0.29, 0.717) is 33.7 Å². The van der Waals surface area contributed by atoms with Crippen LogP contribution in [0.15, 0.2) is 77.9 Å². The molecule has 2 heterocycles. The van der Waals surface area contributed by atoms with Gasteiger partial charge >= 0.3 is 0 Å². The molecule has 0 unspecified atom stereocenters. The number of halogens is 2. The number of hydrazone groups is 1. The first-order chi connectivity index (χ1) is 15.5. The Labute approximate surface area is 200 Å². The minimum Gasteiger partial charge on any atom is -0.456 e. The normalized spacial score (nSPS) is 20.2. The van der Waals surface area contributed by atoms with E-state index in [-0.39, 0.29) is 5.91 Å². The molecule has 2 aliphatic rings. The predicted octanol–water partition coefficient (Wildman–Crippen LogP) is 6.81. The molecule has 1 spiro atoms. The number of ether oxygens (including phenoxy) is 1. The Balaban J connectivity index is 1.46. The first kappa shape index (κ1) is 21.2. The maximum absolute atomic E-state index is 13.0. The van der Waals surface area contributed by atoms with Gasteiger partial charge in [-0.05, 0) is 61.5 Å². The lowest BCUT2D eigenvalue weighted by molar-refractivity contribution is -0.116. The van der Waals surface area contributed by atoms with Gasteiger partial charge in [0, 0.05) is 22.8 Å². The molecule has 1 saturated heterocycles. The van der Waals surface area contributed by atoms with Gasteiger partial charge in [-0.2, -0.15) is 5.10 Å². The Morgan fingerprint density at radius 1 is 1.00 bits per heavy atom. The zero-order chi connectivity index (χ0) is 22.3. The molecule has 3 aromatic carbocycles. The summed E-state index contributed by atoms with van der Waals surface area (Å²) in [6.45, 7) is 2.00. The van der Waals surface area contributed by atoms with Crippen LogP contribution in [0.4, 0.5) is 11.4 Å². The van der Waals surface area contributed by atoms with Crippen LogP contribution in [0.5, 0.6) is 11.5 Å². The van der Waals surface area contributed by atoms with E-state index in [1.54, 1.807) is 30.0 Å². The van der Waals surface area contributed by atoms with Gasteiger partial charge < -0.3 is 4.74 Å². The van der Waals surface area contributed by atoms with Crippen molar-refractivity contribution in [2.75, 3.05) is 15.7 Å². The molecule has 1 amide bonds. The van der Waals surface area contributed by atoms with Crippen molar-refractivity contribution >= 4 is 58.0 Å². The molecule has 3 aromatic rings. The number of amides is 1. The Bertz CT molecular complexity index is 1200. The van der Waals surface area contributed by atoms with E-state index < -0.39 is 4.99 Å². The Morgan fingerprint density at radius 2 is 1.75 bits per heavy atom. The summed E-state index contributed by atoms with van der Waals surface area (Å²) in [5, 5.41) is 7.73. The monoisotopic (exact) mass is 483 g/mol. The minimum atomic E-state index is -0.621. The van der Waals surface area contributed by atoms with E-state index in [1.165, 1.54) is 0 Å². The zero-order valence-corrected chi connectivity index (χ0v) is 19.5. The second-order valence-electron chi connectivity index (χ2n) is 7.59. The number of nitrogens with zero attached hydrogens (tertiary/aromatic N) is 3. The molecule has 0 bridgehead atoms. The fourth-order valence-corrected chi connectivity index (χ4v) is 5.85. The molecule has 0 radical (unpaired) electrons. The van der Waals surface area contributed by atoms with Gasteiger partial charge in [-0.1, -0.05) is 53.2 Å². The lowest BCUT2D eigenvalue weighted by Crippen LogP contribution is -2.53. The molecule has 0 saturated carbocycles. The third-order valence-corrected chi connectivity index (χ3v) is 7.21. The van der Waals surface area contributed by atoms with Crippen LogP contribution >= 0.6 is 35.0 Å². The van der Waals surface area contributed by atoms with E-state index in [0.717, 1.165) is 17.1 Å². The Morgan fingerprint density at radius 3 is 2.47 bits per heavy atom. The number of carbonyl (C=O) groups is 1. The van der Waals surface area contributed by atoms with E-state index >= 15 is 0 Å². The first-order valence-electron chi connectivity index (χ1n) is 10.1. The van der Waals surface area contributed by atoms with Gasteiger partial charge in [-0.15, -0.1) is 0 Å². The number of rotatable bonds is 4. The Hall–Kier alpha value is -2.67. The molecule has 5 rings (SSSR count). The van der Waals surface area contributed by atoms with Crippen LogP contribution < -0.4 is 14.6 Å². The molecule has 162 valence electrons. The van der Waals surface area contributed by atoms with E-state index in [9.17, 15) is 4.79 Å². The van der Waals surface area contributed by atoms with Gasteiger partial charge in [-0.3, -0.25) is 9.69 Å². The van der Waals surface area contributed by atoms with Crippen molar-refractivity contribution in [1.29, 1.82) is 0 Å². The molecule has 0 N–H and O–H groups in total. The molecule has 1 fully saturated rings. The van der Waals surface area contributed by atoms with Crippen LogP contribution in [0, 0.1) is 0 Å². The molecule has 1 atom stereocenters. The lowest BCUT2D eigenvalue weighted by Gasteiger charge is -2.40. The van der Waals surface area contributed by atoms with Crippen molar-refractivity contribution < 1.29 is 9.53 Å². The third-order valence-electron chi connectivity index (χ3n) is 5.33. The summed E-state index contributed by atoms with van der Waals surface area (Å²) < 4.78 is 5.90. The fraction of sp³-hybridized carbons (Fsp3) is 0.167. The van der Waals surface area contributed by atoms with Crippen LogP contribution in [0.25, 0.3) is 0 Å². The van der Waals surface area contributed by atoms with E-state index in [2.05, 4.69) is 0 Å². The quantitative estimate of drug-likeness (QED) is 0.408. The lowest BCUT2D eigenvalue weighted by atomic mass is 10.1. The number of para-hydroxylation sites is 1. The number of anilines is 2. The SMILES string of the molecule is CC1=NN(c2ccccc2)[C@@]2(C1)SCC(=O)N2c1ccc(Oc2ccc(Cl)cc2Cl)cc1. The van der Waals surface area contributed by atoms with Gasteiger partial charge in [0.15, 0.2) is 4.99 Å². The zero-order valence-electron chi connectivity index (χ0n) is 17.2. The second-order valence-corrected chi connectivity index (χ2v) is 9.67.